The molecular weight excluding hydrogens is 138 g/mol. The molecule has 0 aliphatic heterocycles. The van der Waals surface area contributed by atoms with Crippen LogP contribution in [0.15, 0.2) is 12.1 Å². The monoisotopic (exact) mass is 149 g/mol. The first-order chi connectivity index (χ1) is 5.33. The molecule has 1 fully saturated rings. The molecule has 0 unspecified atom stereocenters. The second-order valence-corrected chi connectivity index (χ2v) is 3.13. The van der Waals surface area contributed by atoms with E-state index >= 15 is 0 Å². The van der Waals surface area contributed by atoms with Crippen LogP contribution in [0.3, 0.4) is 0 Å². The largest absolute Gasteiger partial charge is 0.345 e. The van der Waals surface area contributed by atoms with E-state index in [2.05, 4.69) is 6.07 Å². The van der Waals surface area contributed by atoms with Crippen LogP contribution in [0, 0.1) is 0 Å². The lowest BCUT2D eigenvalue weighted by molar-refractivity contribution is 0.111. The van der Waals surface area contributed by atoms with Crippen LogP contribution in [0.2, 0.25) is 0 Å². The molecule has 58 valence electrons. The minimum absolute atomic E-state index is 0.730. The Morgan fingerprint density at radius 2 is 2.27 bits per heavy atom. The Kier molecular flexibility index (Phi) is 1.34. The lowest BCUT2D eigenvalue weighted by Crippen LogP contribution is -1.98. The molecule has 11 heavy (non-hydrogen) atoms. The van der Waals surface area contributed by atoms with E-state index in [0.29, 0.717) is 0 Å². The third-order valence-corrected chi connectivity index (χ3v) is 2.32. The third-order valence-electron chi connectivity index (χ3n) is 2.32. The van der Waals surface area contributed by atoms with Crippen LogP contribution in [-0.2, 0) is 7.05 Å². The van der Waals surface area contributed by atoms with Gasteiger partial charge in [-0.25, -0.2) is 0 Å². The molecule has 0 spiro atoms. The van der Waals surface area contributed by atoms with Crippen LogP contribution in [0.25, 0.3) is 0 Å². The van der Waals surface area contributed by atoms with Gasteiger partial charge in [-0.15, -0.1) is 0 Å². The predicted molar refractivity (Wildman–Crippen MR) is 42.8 cm³/mol. The summed E-state index contributed by atoms with van der Waals surface area (Å²) in [5.74, 6) is 0.730. The second-order valence-electron chi connectivity index (χ2n) is 3.13. The lowest BCUT2D eigenvalue weighted by atomic mass is 10.3. The van der Waals surface area contributed by atoms with Gasteiger partial charge < -0.3 is 4.57 Å². The molecule has 1 aromatic heterocycles. The summed E-state index contributed by atoms with van der Waals surface area (Å²) >= 11 is 0. The molecule has 0 N–H and O–H groups in total. The topological polar surface area (TPSA) is 22.0 Å². The van der Waals surface area contributed by atoms with Crippen molar-refractivity contribution in [2.45, 2.75) is 18.8 Å². The Balaban J connectivity index is 2.40. The fourth-order valence-electron chi connectivity index (χ4n) is 1.45. The van der Waals surface area contributed by atoms with Gasteiger partial charge in [-0.1, -0.05) is 0 Å². The molecule has 1 saturated carbocycles. The van der Waals surface area contributed by atoms with Crippen molar-refractivity contribution in [1.82, 2.24) is 4.57 Å². The average molecular weight is 149 g/mol. The highest BCUT2D eigenvalue weighted by atomic mass is 16.1. The molecule has 1 aliphatic rings. The first-order valence-electron chi connectivity index (χ1n) is 3.93. The zero-order chi connectivity index (χ0) is 7.84. The molecule has 1 heterocycles. The van der Waals surface area contributed by atoms with Gasteiger partial charge in [0.05, 0.1) is 5.69 Å². The Labute approximate surface area is 65.8 Å². The first-order valence-corrected chi connectivity index (χ1v) is 3.93. The van der Waals surface area contributed by atoms with E-state index in [4.69, 9.17) is 0 Å². The molecule has 1 aromatic rings. The predicted octanol–water partition coefficient (Wildman–Crippen LogP) is 1.72. The number of nitrogens with zero attached hydrogens (tertiary/aromatic N) is 1. The average Bonchev–Trinajstić information content (AvgIpc) is 2.77. The number of hydrogen-bond donors (Lipinski definition) is 0. The fourth-order valence-corrected chi connectivity index (χ4v) is 1.45. The number of carbonyl (C=O) groups excluding carboxylic acids is 1. The first kappa shape index (κ1) is 6.65. The molecule has 0 aromatic carbocycles. The highest BCUT2D eigenvalue weighted by Crippen LogP contribution is 2.40. The SMILES string of the molecule is Cn1c(C=O)ccc1C1CC1. The summed E-state index contributed by atoms with van der Waals surface area (Å²) in [6.45, 7) is 0. The fraction of sp³-hybridized carbons (Fsp3) is 0.444. The van der Waals surface area contributed by atoms with Gasteiger partial charge in [0.15, 0.2) is 6.29 Å². The molecule has 0 amide bonds. The molecule has 2 nitrogen and oxygen atoms in total. The van der Waals surface area contributed by atoms with Crippen molar-refractivity contribution in [3.8, 4) is 0 Å². The zero-order valence-electron chi connectivity index (χ0n) is 6.58. The van der Waals surface area contributed by atoms with E-state index in [1.54, 1.807) is 0 Å². The summed E-state index contributed by atoms with van der Waals surface area (Å²) in [4.78, 5) is 10.5. The third kappa shape index (κ3) is 0.985. The number of aromatic nitrogens is 1. The maximum Gasteiger partial charge on any atom is 0.166 e. The minimum atomic E-state index is 0.730. The summed E-state index contributed by atoms with van der Waals surface area (Å²) < 4.78 is 1.99. The van der Waals surface area contributed by atoms with Crippen LogP contribution in [0.1, 0.15) is 34.9 Å². The van der Waals surface area contributed by atoms with E-state index in [1.807, 2.05) is 17.7 Å². The normalized spacial score (nSPS) is 16.8. The molecular formula is C9H11NO. The van der Waals surface area contributed by atoms with Crippen molar-refractivity contribution in [2.24, 2.45) is 7.05 Å². The Hall–Kier alpha value is -1.05. The van der Waals surface area contributed by atoms with Crippen LogP contribution in [0.4, 0.5) is 0 Å². The number of rotatable bonds is 2. The van der Waals surface area contributed by atoms with Crippen LogP contribution in [0.5, 0.6) is 0 Å². The Morgan fingerprint density at radius 3 is 2.73 bits per heavy atom. The number of aldehydes is 1. The van der Waals surface area contributed by atoms with Crippen LogP contribution < -0.4 is 0 Å². The van der Waals surface area contributed by atoms with E-state index < -0.39 is 0 Å². The van der Waals surface area contributed by atoms with Gasteiger partial charge in [0, 0.05) is 12.7 Å². The van der Waals surface area contributed by atoms with Crippen LogP contribution in [-0.4, -0.2) is 10.9 Å². The summed E-state index contributed by atoms with van der Waals surface area (Å²) in [6.07, 6.45) is 3.48. The van der Waals surface area contributed by atoms with Gasteiger partial charge in [-0.05, 0) is 30.9 Å². The van der Waals surface area contributed by atoms with Crippen molar-refractivity contribution in [1.29, 1.82) is 0 Å². The zero-order valence-corrected chi connectivity index (χ0v) is 6.58. The van der Waals surface area contributed by atoms with Crippen molar-refractivity contribution in [2.75, 3.05) is 0 Å². The maximum atomic E-state index is 10.5. The smallest absolute Gasteiger partial charge is 0.166 e. The van der Waals surface area contributed by atoms with Gasteiger partial charge in [0.1, 0.15) is 0 Å². The molecule has 0 bridgehead atoms. The lowest BCUT2D eigenvalue weighted by Gasteiger charge is -2.00. The molecule has 0 radical (unpaired) electrons. The van der Waals surface area contributed by atoms with Crippen LogP contribution >= 0.6 is 0 Å². The Bertz CT molecular complexity index is 284. The van der Waals surface area contributed by atoms with E-state index in [1.165, 1.54) is 18.5 Å². The second kappa shape index (κ2) is 2.22. The summed E-state index contributed by atoms with van der Waals surface area (Å²) in [7, 11) is 1.96. The van der Waals surface area contributed by atoms with Crippen molar-refractivity contribution in [3.63, 3.8) is 0 Å². The molecule has 0 saturated heterocycles. The van der Waals surface area contributed by atoms with Gasteiger partial charge in [0.2, 0.25) is 0 Å². The van der Waals surface area contributed by atoms with Gasteiger partial charge in [-0.2, -0.15) is 0 Å². The molecule has 2 heteroatoms. The van der Waals surface area contributed by atoms with E-state index in [-0.39, 0.29) is 0 Å². The Morgan fingerprint density at radius 1 is 1.55 bits per heavy atom. The highest BCUT2D eigenvalue weighted by molar-refractivity contribution is 5.72. The summed E-state index contributed by atoms with van der Waals surface area (Å²) in [5, 5.41) is 0. The quantitative estimate of drug-likeness (QED) is 0.587. The standard InChI is InChI=1S/C9H11NO/c1-10-8(6-11)4-5-9(10)7-2-3-7/h4-7H,2-3H2,1H3. The van der Waals surface area contributed by atoms with Crippen molar-refractivity contribution < 1.29 is 4.79 Å². The van der Waals surface area contributed by atoms with Gasteiger partial charge in [-0.3, -0.25) is 4.79 Å². The summed E-state index contributed by atoms with van der Waals surface area (Å²) in [6, 6.07) is 3.95. The van der Waals surface area contributed by atoms with Crippen molar-refractivity contribution >= 4 is 6.29 Å². The number of hydrogen-bond acceptors (Lipinski definition) is 1. The molecule has 2 rings (SSSR count). The maximum absolute atomic E-state index is 10.5. The van der Waals surface area contributed by atoms with Crippen molar-refractivity contribution in [3.05, 3.63) is 23.5 Å². The summed E-state index contributed by atoms with van der Waals surface area (Å²) in [5.41, 5.74) is 2.10. The highest BCUT2D eigenvalue weighted by Gasteiger charge is 2.26. The van der Waals surface area contributed by atoms with Gasteiger partial charge in [0.25, 0.3) is 0 Å². The molecule has 0 atom stereocenters. The minimum Gasteiger partial charge on any atom is -0.345 e. The van der Waals surface area contributed by atoms with E-state index in [0.717, 1.165) is 17.9 Å². The number of carbonyl (C=O) groups is 1. The van der Waals surface area contributed by atoms with Gasteiger partial charge >= 0.3 is 0 Å². The van der Waals surface area contributed by atoms with E-state index in [9.17, 15) is 4.79 Å². The molecule has 1 aliphatic carbocycles.